The predicted octanol–water partition coefficient (Wildman–Crippen LogP) is 0.602. The molecule has 0 amide bonds. The van der Waals surface area contributed by atoms with Crippen molar-refractivity contribution >= 4 is 0 Å². The first-order valence-electron chi connectivity index (χ1n) is 3.88. The van der Waals surface area contributed by atoms with Crippen LogP contribution >= 0.6 is 0 Å². The smallest absolute Gasteiger partial charge is 0.261 e. The Morgan fingerprint density at radius 2 is 2.33 bits per heavy atom. The van der Waals surface area contributed by atoms with E-state index in [0.29, 0.717) is 13.0 Å². The lowest BCUT2D eigenvalue weighted by Gasteiger charge is -2.09. The maximum Gasteiger partial charge on any atom is 0.261 e. The van der Waals surface area contributed by atoms with Crippen LogP contribution in [-0.4, -0.2) is 39.0 Å². The van der Waals surface area contributed by atoms with Crippen LogP contribution in [0.4, 0.5) is 8.78 Å². The Hall–Kier alpha value is -0.260. The Kier molecular flexibility index (Phi) is 3.84. The van der Waals surface area contributed by atoms with Gasteiger partial charge in [-0.15, -0.1) is 0 Å². The summed E-state index contributed by atoms with van der Waals surface area (Å²) in [6, 6.07) is 0. The summed E-state index contributed by atoms with van der Waals surface area (Å²) < 4.78 is 33.3. The molecule has 0 radical (unpaired) electrons. The highest BCUT2D eigenvalue weighted by molar-refractivity contribution is 4.75. The molecule has 72 valence electrons. The van der Waals surface area contributed by atoms with Gasteiger partial charge in [-0.2, -0.15) is 0 Å². The maximum atomic E-state index is 11.7. The van der Waals surface area contributed by atoms with Crippen LogP contribution in [0.5, 0.6) is 0 Å². The average Bonchev–Trinajstić information content (AvgIpc) is 2.48. The number of nitrogens with one attached hydrogen (secondary N) is 1. The first-order chi connectivity index (χ1) is 5.72. The lowest BCUT2D eigenvalue weighted by molar-refractivity contribution is -0.0230. The van der Waals surface area contributed by atoms with E-state index >= 15 is 0 Å². The SMILES string of the molecule is COC1C[C@@H](OCC(F)F)CN1. The van der Waals surface area contributed by atoms with E-state index < -0.39 is 13.0 Å². The van der Waals surface area contributed by atoms with Crippen molar-refractivity contribution in [2.75, 3.05) is 20.3 Å². The quantitative estimate of drug-likeness (QED) is 0.689. The number of methoxy groups -OCH3 is 1. The van der Waals surface area contributed by atoms with E-state index in [1.165, 1.54) is 0 Å². The fourth-order valence-electron chi connectivity index (χ4n) is 1.18. The van der Waals surface area contributed by atoms with E-state index in [1.807, 2.05) is 0 Å². The van der Waals surface area contributed by atoms with E-state index in [-0.39, 0.29) is 12.3 Å². The second-order valence-corrected chi connectivity index (χ2v) is 2.71. The molecule has 2 atom stereocenters. The Balaban J connectivity index is 2.11. The molecule has 1 N–H and O–H groups in total. The van der Waals surface area contributed by atoms with Crippen LogP contribution in [-0.2, 0) is 9.47 Å². The Labute approximate surface area is 70.0 Å². The van der Waals surface area contributed by atoms with Crippen LogP contribution in [0.2, 0.25) is 0 Å². The van der Waals surface area contributed by atoms with Crippen molar-refractivity contribution in [3.8, 4) is 0 Å². The average molecular weight is 181 g/mol. The van der Waals surface area contributed by atoms with Crippen molar-refractivity contribution in [3.63, 3.8) is 0 Å². The summed E-state index contributed by atoms with van der Waals surface area (Å²) in [5.41, 5.74) is 0. The largest absolute Gasteiger partial charge is 0.371 e. The van der Waals surface area contributed by atoms with Crippen LogP contribution in [0.15, 0.2) is 0 Å². The lowest BCUT2D eigenvalue weighted by Crippen LogP contribution is -2.23. The third kappa shape index (κ3) is 3.00. The van der Waals surface area contributed by atoms with E-state index in [4.69, 9.17) is 9.47 Å². The van der Waals surface area contributed by atoms with Gasteiger partial charge in [-0.3, -0.25) is 5.32 Å². The summed E-state index contributed by atoms with van der Waals surface area (Å²) in [5, 5.41) is 2.99. The second-order valence-electron chi connectivity index (χ2n) is 2.71. The Bertz CT molecular complexity index is 135. The molecule has 5 heteroatoms. The van der Waals surface area contributed by atoms with Crippen LogP contribution < -0.4 is 5.32 Å². The molecular formula is C7H13F2NO2. The summed E-state index contributed by atoms with van der Waals surface area (Å²) in [4.78, 5) is 0. The highest BCUT2D eigenvalue weighted by atomic mass is 19.3. The summed E-state index contributed by atoms with van der Waals surface area (Å²) in [6.07, 6.45) is -1.92. The monoisotopic (exact) mass is 181 g/mol. The Morgan fingerprint density at radius 1 is 1.58 bits per heavy atom. The van der Waals surface area contributed by atoms with Gasteiger partial charge in [0.1, 0.15) is 12.8 Å². The molecule has 0 aromatic rings. The normalized spacial score (nSPS) is 30.0. The molecule has 0 aliphatic carbocycles. The molecule has 0 bridgehead atoms. The van der Waals surface area contributed by atoms with Crippen LogP contribution in [0.1, 0.15) is 6.42 Å². The summed E-state index contributed by atoms with van der Waals surface area (Å²) in [7, 11) is 1.58. The van der Waals surface area contributed by atoms with Gasteiger partial charge in [0.15, 0.2) is 0 Å². The lowest BCUT2D eigenvalue weighted by atomic mass is 10.3. The van der Waals surface area contributed by atoms with E-state index in [9.17, 15) is 8.78 Å². The molecule has 1 aliphatic heterocycles. The topological polar surface area (TPSA) is 30.5 Å². The molecule has 3 nitrogen and oxygen atoms in total. The van der Waals surface area contributed by atoms with Crippen LogP contribution in [0.25, 0.3) is 0 Å². The van der Waals surface area contributed by atoms with E-state index in [1.54, 1.807) is 7.11 Å². The minimum absolute atomic E-state index is 0.0485. The van der Waals surface area contributed by atoms with E-state index in [2.05, 4.69) is 5.32 Å². The van der Waals surface area contributed by atoms with Gasteiger partial charge in [-0.25, -0.2) is 8.78 Å². The molecule has 1 saturated heterocycles. The van der Waals surface area contributed by atoms with Crippen molar-refractivity contribution < 1.29 is 18.3 Å². The standard InChI is InChI=1S/C7H13F2NO2/c1-11-7-2-5(3-10-7)12-4-6(8)9/h5-7,10H,2-4H2,1H3/t5-,7?/m1/s1. The molecule has 12 heavy (non-hydrogen) atoms. The molecule has 1 rings (SSSR count). The zero-order valence-electron chi connectivity index (χ0n) is 6.93. The van der Waals surface area contributed by atoms with Crippen molar-refractivity contribution in [3.05, 3.63) is 0 Å². The molecule has 0 spiro atoms. The van der Waals surface area contributed by atoms with Crippen molar-refractivity contribution in [1.82, 2.24) is 5.32 Å². The summed E-state index contributed by atoms with van der Waals surface area (Å²) >= 11 is 0. The molecular weight excluding hydrogens is 168 g/mol. The number of ether oxygens (including phenoxy) is 2. The fourth-order valence-corrected chi connectivity index (χ4v) is 1.18. The zero-order valence-corrected chi connectivity index (χ0v) is 6.93. The molecule has 1 heterocycles. The first-order valence-corrected chi connectivity index (χ1v) is 3.88. The van der Waals surface area contributed by atoms with Gasteiger partial charge < -0.3 is 9.47 Å². The van der Waals surface area contributed by atoms with Crippen molar-refractivity contribution in [2.45, 2.75) is 25.2 Å². The summed E-state index contributed by atoms with van der Waals surface area (Å²) in [5.74, 6) is 0. The fraction of sp³-hybridized carbons (Fsp3) is 1.00. The summed E-state index contributed by atoms with van der Waals surface area (Å²) in [6.45, 7) is 0.105. The first kappa shape index (κ1) is 9.83. The van der Waals surface area contributed by atoms with Gasteiger partial charge in [0.25, 0.3) is 6.43 Å². The molecule has 1 aliphatic rings. The highest BCUT2D eigenvalue weighted by Gasteiger charge is 2.24. The minimum Gasteiger partial charge on any atom is -0.371 e. The van der Waals surface area contributed by atoms with Gasteiger partial charge in [0, 0.05) is 20.1 Å². The minimum atomic E-state index is -2.38. The van der Waals surface area contributed by atoms with Gasteiger partial charge in [0.2, 0.25) is 0 Å². The number of hydrogen-bond donors (Lipinski definition) is 1. The van der Waals surface area contributed by atoms with Crippen molar-refractivity contribution in [2.24, 2.45) is 0 Å². The third-order valence-corrected chi connectivity index (χ3v) is 1.79. The predicted molar refractivity (Wildman–Crippen MR) is 39.2 cm³/mol. The Morgan fingerprint density at radius 3 is 2.83 bits per heavy atom. The molecule has 1 fully saturated rings. The van der Waals surface area contributed by atoms with Crippen LogP contribution in [0, 0.1) is 0 Å². The number of alkyl halides is 2. The molecule has 0 aromatic heterocycles. The number of hydrogen-bond acceptors (Lipinski definition) is 3. The number of rotatable bonds is 4. The molecule has 0 saturated carbocycles. The van der Waals surface area contributed by atoms with Gasteiger partial charge in [-0.05, 0) is 0 Å². The maximum absolute atomic E-state index is 11.7. The third-order valence-electron chi connectivity index (χ3n) is 1.79. The highest BCUT2D eigenvalue weighted by Crippen LogP contribution is 2.11. The van der Waals surface area contributed by atoms with Crippen LogP contribution in [0.3, 0.4) is 0 Å². The van der Waals surface area contributed by atoms with Crippen molar-refractivity contribution in [1.29, 1.82) is 0 Å². The van der Waals surface area contributed by atoms with Gasteiger partial charge >= 0.3 is 0 Å². The number of halogens is 2. The van der Waals surface area contributed by atoms with Gasteiger partial charge in [0.05, 0.1) is 6.10 Å². The molecule has 1 unspecified atom stereocenters. The second kappa shape index (κ2) is 4.69. The molecule has 0 aromatic carbocycles. The van der Waals surface area contributed by atoms with Gasteiger partial charge in [-0.1, -0.05) is 0 Å². The van der Waals surface area contributed by atoms with E-state index in [0.717, 1.165) is 0 Å². The zero-order chi connectivity index (χ0) is 8.97.